The summed E-state index contributed by atoms with van der Waals surface area (Å²) in [6, 6.07) is 0. The summed E-state index contributed by atoms with van der Waals surface area (Å²) in [5.74, 6) is 0. The van der Waals surface area contributed by atoms with Crippen molar-refractivity contribution >= 4 is 10.1 Å². The smallest absolute Gasteiger partial charge is 0.746 e. The predicted octanol–water partition coefficient (Wildman–Crippen LogP) is -2.98. The Labute approximate surface area is 103 Å². The first-order chi connectivity index (χ1) is 6.02. The summed E-state index contributed by atoms with van der Waals surface area (Å²) in [6.45, 7) is 0. The van der Waals surface area contributed by atoms with Gasteiger partial charge in [-0.3, -0.25) is 0 Å². The van der Waals surface area contributed by atoms with Gasteiger partial charge in [0.05, 0.1) is 5.29 Å². The van der Waals surface area contributed by atoms with Crippen LogP contribution in [0.25, 0.3) is 0 Å². The zero-order chi connectivity index (χ0) is 9.95. The molecule has 0 saturated carbocycles. The Morgan fingerprint density at radius 2 is 2.07 bits per heavy atom. The third kappa shape index (κ3) is 2.64. The van der Waals surface area contributed by atoms with Gasteiger partial charge < -0.3 is 4.55 Å². The zero-order valence-electron chi connectivity index (χ0n) is 7.50. The standard InChI is InChI=1S/C6H8N2O4S.Na/c9-8-7-6(13(10,11)12)4-2-1-3-5-6;/h1-4H,5H2,(H,7,9)(H,10,11,12);/q;+1/p-1. The number of rotatable bonds is 3. The Balaban J connectivity index is 0.00000169. The molecule has 14 heavy (non-hydrogen) atoms. The van der Waals surface area contributed by atoms with Crippen molar-refractivity contribution in [2.24, 2.45) is 5.29 Å². The summed E-state index contributed by atoms with van der Waals surface area (Å²) in [6.07, 6.45) is 5.43. The van der Waals surface area contributed by atoms with Crippen LogP contribution in [0.15, 0.2) is 29.6 Å². The number of nitroso groups, excluding NO2 is 1. The third-order valence-electron chi connectivity index (χ3n) is 1.71. The molecule has 0 bridgehead atoms. The summed E-state index contributed by atoms with van der Waals surface area (Å²) < 4.78 is 32.4. The Bertz CT molecular complexity index is 360. The summed E-state index contributed by atoms with van der Waals surface area (Å²) >= 11 is 0. The van der Waals surface area contributed by atoms with Crippen LogP contribution in [0.3, 0.4) is 0 Å². The van der Waals surface area contributed by atoms with Crippen molar-refractivity contribution < 1.29 is 42.5 Å². The molecule has 0 spiro atoms. The number of allylic oxidation sites excluding steroid dienone is 2. The fourth-order valence-corrected chi connectivity index (χ4v) is 1.70. The van der Waals surface area contributed by atoms with E-state index < -0.39 is 15.0 Å². The second kappa shape index (κ2) is 5.04. The van der Waals surface area contributed by atoms with Crippen LogP contribution in [0, 0.1) is 4.91 Å². The minimum absolute atomic E-state index is 0. The molecule has 1 atom stereocenters. The van der Waals surface area contributed by atoms with Gasteiger partial charge in [0, 0.05) is 6.42 Å². The van der Waals surface area contributed by atoms with Crippen LogP contribution in [-0.2, 0) is 10.1 Å². The van der Waals surface area contributed by atoms with Gasteiger partial charge in [0.25, 0.3) is 0 Å². The molecule has 1 aliphatic rings. The van der Waals surface area contributed by atoms with E-state index >= 15 is 0 Å². The van der Waals surface area contributed by atoms with Gasteiger partial charge in [-0.15, -0.1) is 4.91 Å². The largest absolute Gasteiger partial charge is 1.00 e. The monoisotopic (exact) mass is 226 g/mol. The predicted molar refractivity (Wildman–Crippen MR) is 44.3 cm³/mol. The molecule has 0 aromatic carbocycles. The van der Waals surface area contributed by atoms with Crippen molar-refractivity contribution in [2.75, 3.05) is 0 Å². The SMILES string of the molecule is O=NNC1(S(=O)(=O)[O-])C=CC=CC1.[Na+]. The molecule has 0 amide bonds. The second-order valence-electron chi connectivity index (χ2n) is 2.54. The van der Waals surface area contributed by atoms with Crippen molar-refractivity contribution in [1.29, 1.82) is 0 Å². The molecule has 0 aromatic rings. The second-order valence-corrected chi connectivity index (χ2v) is 4.17. The molecule has 0 saturated heterocycles. The van der Waals surface area contributed by atoms with Gasteiger partial charge in [0.15, 0.2) is 4.87 Å². The van der Waals surface area contributed by atoms with Gasteiger partial charge in [-0.2, -0.15) is 0 Å². The normalized spacial score (nSPS) is 25.2. The first-order valence-corrected chi connectivity index (χ1v) is 4.82. The van der Waals surface area contributed by atoms with E-state index in [4.69, 9.17) is 0 Å². The van der Waals surface area contributed by atoms with Crippen LogP contribution in [0.2, 0.25) is 0 Å². The molecular formula is C6H7N2NaO4S. The minimum atomic E-state index is -4.64. The van der Waals surface area contributed by atoms with E-state index in [9.17, 15) is 17.9 Å². The molecule has 1 unspecified atom stereocenters. The minimum Gasteiger partial charge on any atom is -0.746 e. The van der Waals surface area contributed by atoms with E-state index in [-0.39, 0.29) is 36.0 Å². The fraction of sp³-hybridized carbons (Fsp3) is 0.333. The summed E-state index contributed by atoms with van der Waals surface area (Å²) in [7, 11) is -4.64. The number of hydrogen-bond acceptors (Lipinski definition) is 5. The number of nitrogens with zero attached hydrogens (tertiary/aromatic N) is 1. The summed E-state index contributed by atoms with van der Waals surface area (Å²) in [4.78, 5) is 7.99. The quantitative estimate of drug-likeness (QED) is 0.239. The average Bonchev–Trinajstić information content (AvgIpc) is 2.04. The zero-order valence-corrected chi connectivity index (χ0v) is 10.3. The molecule has 1 rings (SSSR count). The molecule has 1 N–H and O–H groups in total. The maximum absolute atomic E-state index is 10.8. The van der Waals surface area contributed by atoms with Crippen molar-refractivity contribution in [2.45, 2.75) is 11.3 Å². The average molecular weight is 226 g/mol. The molecule has 1 aliphatic carbocycles. The first-order valence-electron chi connectivity index (χ1n) is 3.41. The van der Waals surface area contributed by atoms with Gasteiger partial charge in [-0.05, 0) is 6.08 Å². The van der Waals surface area contributed by atoms with Gasteiger partial charge in [0.2, 0.25) is 0 Å². The summed E-state index contributed by atoms with van der Waals surface area (Å²) in [5.41, 5.74) is 1.77. The van der Waals surface area contributed by atoms with E-state index in [1.54, 1.807) is 11.5 Å². The van der Waals surface area contributed by atoms with E-state index in [1.807, 2.05) is 0 Å². The van der Waals surface area contributed by atoms with Gasteiger partial charge in [-0.25, -0.2) is 13.8 Å². The van der Waals surface area contributed by atoms with Crippen molar-refractivity contribution in [3.8, 4) is 0 Å². The van der Waals surface area contributed by atoms with Crippen LogP contribution in [0.4, 0.5) is 0 Å². The van der Waals surface area contributed by atoms with Gasteiger partial charge in [0.1, 0.15) is 10.1 Å². The van der Waals surface area contributed by atoms with E-state index in [0.717, 1.165) is 6.08 Å². The van der Waals surface area contributed by atoms with Crippen molar-refractivity contribution in [1.82, 2.24) is 5.43 Å². The van der Waals surface area contributed by atoms with E-state index in [2.05, 4.69) is 5.29 Å². The Morgan fingerprint density at radius 3 is 2.43 bits per heavy atom. The van der Waals surface area contributed by atoms with Crippen LogP contribution < -0.4 is 35.0 Å². The molecule has 0 aliphatic heterocycles. The van der Waals surface area contributed by atoms with Crippen LogP contribution in [0.1, 0.15) is 6.42 Å². The maximum atomic E-state index is 10.8. The molecular weight excluding hydrogens is 219 g/mol. The molecule has 8 heteroatoms. The fourth-order valence-electron chi connectivity index (χ4n) is 1.00. The number of hydrogen-bond donors (Lipinski definition) is 1. The molecule has 0 heterocycles. The summed E-state index contributed by atoms with van der Waals surface area (Å²) in [5, 5.41) is 2.23. The van der Waals surface area contributed by atoms with Crippen molar-refractivity contribution in [3.05, 3.63) is 29.2 Å². The number of nitrogens with one attached hydrogen (secondary N) is 1. The Morgan fingerprint density at radius 1 is 1.43 bits per heavy atom. The van der Waals surface area contributed by atoms with Crippen LogP contribution in [-0.4, -0.2) is 17.8 Å². The Hall–Kier alpha value is -0.210. The first kappa shape index (κ1) is 13.8. The molecule has 6 nitrogen and oxygen atoms in total. The van der Waals surface area contributed by atoms with E-state index in [0.29, 0.717) is 0 Å². The van der Waals surface area contributed by atoms with Crippen LogP contribution in [0.5, 0.6) is 0 Å². The van der Waals surface area contributed by atoms with Gasteiger partial charge in [-0.1, -0.05) is 18.2 Å². The topological polar surface area (TPSA) is 98.7 Å². The third-order valence-corrected chi connectivity index (χ3v) is 3.00. The van der Waals surface area contributed by atoms with Gasteiger partial charge >= 0.3 is 29.6 Å². The van der Waals surface area contributed by atoms with Crippen LogP contribution >= 0.6 is 0 Å². The molecule has 0 aromatic heterocycles. The molecule has 0 radical (unpaired) electrons. The molecule has 0 fully saturated rings. The van der Waals surface area contributed by atoms with E-state index in [1.165, 1.54) is 12.2 Å². The Kier molecular flexibility index (Phi) is 4.96. The van der Waals surface area contributed by atoms with Crippen molar-refractivity contribution in [3.63, 3.8) is 0 Å². The molecule has 72 valence electrons. The maximum Gasteiger partial charge on any atom is 1.00 e.